The molecule has 0 N–H and O–H groups in total. The molecular weight excluding hydrogens is 330 g/mol. The molecule has 1 amide bonds. The van der Waals surface area contributed by atoms with Crippen LogP contribution in [0.4, 0.5) is 0 Å². The van der Waals surface area contributed by atoms with Crippen molar-refractivity contribution in [2.24, 2.45) is 0 Å². The predicted molar refractivity (Wildman–Crippen MR) is 97.7 cm³/mol. The molecule has 0 aliphatic carbocycles. The van der Waals surface area contributed by atoms with Crippen molar-refractivity contribution in [2.75, 3.05) is 26.2 Å². The van der Waals surface area contributed by atoms with Crippen LogP contribution in [-0.4, -0.2) is 57.0 Å². The highest BCUT2D eigenvalue weighted by atomic mass is 16.5. The van der Waals surface area contributed by atoms with Gasteiger partial charge in [-0.25, -0.2) is 0 Å². The van der Waals surface area contributed by atoms with Crippen LogP contribution >= 0.6 is 0 Å². The first-order chi connectivity index (χ1) is 12.7. The van der Waals surface area contributed by atoms with Crippen LogP contribution in [0.1, 0.15) is 61.2 Å². The first-order valence-electron chi connectivity index (χ1n) is 9.45. The van der Waals surface area contributed by atoms with Gasteiger partial charge in [-0.3, -0.25) is 14.7 Å². The number of hydrogen-bond acceptors (Lipinski definition) is 6. The maximum Gasteiger partial charge on any atom is 0.254 e. The summed E-state index contributed by atoms with van der Waals surface area (Å²) in [7, 11) is 0. The third-order valence-corrected chi connectivity index (χ3v) is 4.89. The fourth-order valence-electron chi connectivity index (χ4n) is 3.23. The second kappa shape index (κ2) is 8.89. The summed E-state index contributed by atoms with van der Waals surface area (Å²) in [5.41, 5.74) is 0.693. The molecule has 1 unspecified atom stereocenters. The fourth-order valence-corrected chi connectivity index (χ4v) is 3.23. The Hall–Kier alpha value is -2.28. The Kier molecular flexibility index (Phi) is 6.33. The van der Waals surface area contributed by atoms with Gasteiger partial charge in [-0.1, -0.05) is 18.5 Å². The molecule has 2 aromatic rings. The van der Waals surface area contributed by atoms with Crippen molar-refractivity contribution < 1.29 is 9.32 Å². The van der Waals surface area contributed by atoms with Crippen LogP contribution in [-0.2, 0) is 6.42 Å². The van der Waals surface area contributed by atoms with Gasteiger partial charge in [0.2, 0.25) is 5.89 Å². The van der Waals surface area contributed by atoms with Crippen molar-refractivity contribution in [2.45, 2.75) is 45.6 Å². The minimum absolute atomic E-state index is 0.0638. The summed E-state index contributed by atoms with van der Waals surface area (Å²) >= 11 is 0. The molecule has 1 aliphatic rings. The van der Waals surface area contributed by atoms with Crippen molar-refractivity contribution >= 4 is 5.91 Å². The number of aryl methyl sites for hydroxylation is 1. The minimum atomic E-state index is 0.0638. The van der Waals surface area contributed by atoms with Gasteiger partial charge in [0.05, 0.1) is 6.04 Å². The third-order valence-electron chi connectivity index (χ3n) is 4.89. The number of amides is 1. The molecule has 140 valence electrons. The van der Waals surface area contributed by atoms with E-state index in [2.05, 4.69) is 33.9 Å². The molecular formula is C19H27N5O2. The van der Waals surface area contributed by atoms with Crippen molar-refractivity contribution in [3.05, 3.63) is 41.8 Å². The van der Waals surface area contributed by atoms with E-state index in [4.69, 9.17) is 4.52 Å². The first-order valence-corrected chi connectivity index (χ1v) is 9.45. The van der Waals surface area contributed by atoms with E-state index in [1.165, 1.54) is 0 Å². The largest absolute Gasteiger partial charge is 0.338 e. The fraction of sp³-hybridized carbons (Fsp3) is 0.579. The monoisotopic (exact) mass is 357 g/mol. The van der Waals surface area contributed by atoms with E-state index >= 15 is 0 Å². The summed E-state index contributed by atoms with van der Waals surface area (Å²) in [6.45, 7) is 7.41. The normalized spacial score (nSPS) is 17.1. The molecule has 1 aliphatic heterocycles. The predicted octanol–water partition coefficient (Wildman–Crippen LogP) is 2.72. The molecule has 1 atom stereocenters. The Bertz CT molecular complexity index is 703. The van der Waals surface area contributed by atoms with E-state index in [1.54, 1.807) is 24.5 Å². The second-order valence-electron chi connectivity index (χ2n) is 6.75. The summed E-state index contributed by atoms with van der Waals surface area (Å²) in [6, 6.07) is 3.60. The van der Waals surface area contributed by atoms with E-state index < -0.39 is 0 Å². The Morgan fingerprint density at radius 2 is 2.04 bits per heavy atom. The van der Waals surface area contributed by atoms with Gasteiger partial charge in [0.25, 0.3) is 5.91 Å². The standard InChI is InChI=1S/C19H27N5O2/c1-3-4-6-17-21-18(26-22-17)15(2)23-11-5-12-24(14-13-23)19(25)16-7-9-20-10-8-16/h7-10,15H,3-6,11-14H2,1-2H3. The van der Waals surface area contributed by atoms with Crippen molar-refractivity contribution in [3.63, 3.8) is 0 Å². The average molecular weight is 357 g/mol. The summed E-state index contributed by atoms with van der Waals surface area (Å²) in [5.74, 6) is 1.53. The minimum Gasteiger partial charge on any atom is -0.338 e. The lowest BCUT2D eigenvalue weighted by atomic mass is 10.2. The number of carbonyl (C=O) groups excluding carboxylic acids is 1. The Labute approximate surface area is 154 Å². The number of pyridine rings is 1. The number of rotatable bonds is 6. The molecule has 7 nitrogen and oxygen atoms in total. The number of nitrogens with zero attached hydrogens (tertiary/aromatic N) is 5. The molecule has 7 heteroatoms. The molecule has 1 fully saturated rings. The van der Waals surface area contributed by atoms with E-state index in [-0.39, 0.29) is 11.9 Å². The Balaban J connectivity index is 1.59. The van der Waals surface area contributed by atoms with Crippen LogP contribution in [0.3, 0.4) is 0 Å². The molecule has 0 bridgehead atoms. The lowest BCUT2D eigenvalue weighted by molar-refractivity contribution is 0.0757. The smallest absolute Gasteiger partial charge is 0.254 e. The van der Waals surface area contributed by atoms with Crippen molar-refractivity contribution in [1.29, 1.82) is 0 Å². The van der Waals surface area contributed by atoms with E-state index in [0.29, 0.717) is 18.0 Å². The molecule has 26 heavy (non-hydrogen) atoms. The van der Waals surface area contributed by atoms with Crippen LogP contribution in [0.15, 0.2) is 29.0 Å². The Morgan fingerprint density at radius 3 is 2.81 bits per heavy atom. The number of unbranched alkanes of at least 4 members (excludes halogenated alkanes) is 1. The van der Waals surface area contributed by atoms with Crippen LogP contribution < -0.4 is 0 Å². The van der Waals surface area contributed by atoms with Gasteiger partial charge in [0, 0.05) is 50.6 Å². The number of carbonyl (C=O) groups is 1. The van der Waals surface area contributed by atoms with Gasteiger partial charge < -0.3 is 9.42 Å². The molecule has 2 aromatic heterocycles. The highest BCUT2D eigenvalue weighted by Gasteiger charge is 2.26. The van der Waals surface area contributed by atoms with Gasteiger partial charge in [0.15, 0.2) is 5.82 Å². The van der Waals surface area contributed by atoms with Crippen LogP contribution in [0.2, 0.25) is 0 Å². The number of aromatic nitrogens is 3. The maximum atomic E-state index is 12.6. The van der Waals surface area contributed by atoms with Gasteiger partial charge >= 0.3 is 0 Å². The molecule has 0 saturated carbocycles. The molecule has 0 radical (unpaired) electrons. The molecule has 1 saturated heterocycles. The summed E-state index contributed by atoms with van der Waals surface area (Å²) < 4.78 is 5.47. The van der Waals surface area contributed by atoms with Crippen LogP contribution in [0.5, 0.6) is 0 Å². The molecule has 3 heterocycles. The zero-order valence-electron chi connectivity index (χ0n) is 15.6. The van der Waals surface area contributed by atoms with Crippen molar-refractivity contribution in [1.82, 2.24) is 24.9 Å². The maximum absolute atomic E-state index is 12.6. The first kappa shape index (κ1) is 18.5. The van der Waals surface area contributed by atoms with E-state index in [0.717, 1.165) is 51.1 Å². The average Bonchev–Trinajstić information content (AvgIpc) is 3.02. The van der Waals surface area contributed by atoms with Crippen LogP contribution in [0.25, 0.3) is 0 Å². The molecule has 0 aromatic carbocycles. The van der Waals surface area contributed by atoms with Crippen molar-refractivity contribution in [3.8, 4) is 0 Å². The molecule has 0 spiro atoms. The highest BCUT2D eigenvalue weighted by molar-refractivity contribution is 5.94. The Morgan fingerprint density at radius 1 is 1.23 bits per heavy atom. The van der Waals surface area contributed by atoms with Gasteiger partial charge in [-0.05, 0) is 31.9 Å². The number of hydrogen-bond donors (Lipinski definition) is 0. The van der Waals surface area contributed by atoms with Gasteiger partial charge in [-0.2, -0.15) is 4.98 Å². The summed E-state index contributed by atoms with van der Waals surface area (Å²) in [5, 5.41) is 4.09. The summed E-state index contributed by atoms with van der Waals surface area (Å²) in [4.78, 5) is 25.4. The summed E-state index contributed by atoms with van der Waals surface area (Å²) in [6.07, 6.45) is 7.30. The lowest BCUT2D eigenvalue weighted by Crippen LogP contribution is -2.36. The van der Waals surface area contributed by atoms with Gasteiger partial charge in [-0.15, -0.1) is 0 Å². The highest BCUT2D eigenvalue weighted by Crippen LogP contribution is 2.21. The lowest BCUT2D eigenvalue weighted by Gasteiger charge is -2.25. The molecule has 3 rings (SSSR count). The zero-order valence-corrected chi connectivity index (χ0v) is 15.6. The van der Waals surface area contributed by atoms with Crippen LogP contribution in [0, 0.1) is 0 Å². The van der Waals surface area contributed by atoms with E-state index in [1.807, 2.05) is 4.90 Å². The van der Waals surface area contributed by atoms with Gasteiger partial charge in [0.1, 0.15) is 0 Å². The third kappa shape index (κ3) is 4.46. The van der Waals surface area contributed by atoms with E-state index in [9.17, 15) is 4.79 Å². The topological polar surface area (TPSA) is 75.4 Å². The second-order valence-corrected chi connectivity index (χ2v) is 6.75. The zero-order chi connectivity index (χ0) is 18.4. The quantitative estimate of drug-likeness (QED) is 0.791. The SMILES string of the molecule is CCCCc1noc(C(C)N2CCCN(C(=O)c3ccncc3)CC2)n1.